The van der Waals surface area contributed by atoms with Gasteiger partial charge in [-0.25, -0.2) is 4.39 Å². The van der Waals surface area contributed by atoms with E-state index in [9.17, 15) is 0 Å². The molecule has 138 valence electrons. The van der Waals surface area contributed by atoms with E-state index in [0.717, 1.165) is 30.6 Å². The minimum atomic E-state index is -0.577. The topological polar surface area (TPSA) is 9.23 Å². The Labute approximate surface area is 148 Å². The number of halogens is 1. The summed E-state index contributed by atoms with van der Waals surface area (Å²) in [5, 5.41) is 0. The molecule has 9 atom stereocenters. The zero-order valence-electron chi connectivity index (χ0n) is 16.2. The fourth-order valence-electron chi connectivity index (χ4n) is 7.91. The van der Waals surface area contributed by atoms with Crippen LogP contribution in [0.3, 0.4) is 0 Å². The molecule has 0 aliphatic heterocycles. The van der Waals surface area contributed by atoms with Crippen LogP contribution >= 0.6 is 0 Å². The van der Waals surface area contributed by atoms with Gasteiger partial charge >= 0.3 is 0 Å². The predicted molar refractivity (Wildman–Crippen MR) is 96.6 cm³/mol. The second-order valence-corrected chi connectivity index (χ2v) is 10.3. The van der Waals surface area contributed by atoms with Gasteiger partial charge in [-0.3, -0.25) is 0 Å². The monoisotopic (exact) mass is 336 g/mol. The van der Waals surface area contributed by atoms with Crippen molar-refractivity contribution in [3.63, 3.8) is 0 Å². The van der Waals surface area contributed by atoms with Crippen molar-refractivity contribution in [3.8, 4) is 0 Å². The van der Waals surface area contributed by atoms with Crippen molar-refractivity contribution in [2.24, 2.45) is 40.4 Å². The summed E-state index contributed by atoms with van der Waals surface area (Å²) in [6.07, 6.45) is 11.2. The molecule has 0 radical (unpaired) electrons. The molecule has 0 aromatic heterocycles. The highest BCUT2D eigenvalue weighted by Crippen LogP contribution is 2.66. The van der Waals surface area contributed by atoms with Crippen LogP contribution in [-0.4, -0.2) is 19.4 Å². The first-order valence-corrected chi connectivity index (χ1v) is 10.6. The van der Waals surface area contributed by atoms with Gasteiger partial charge in [0.15, 0.2) is 0 Å². The van der Waals surface area contributed by atoms with Gasteiger partial charge in [-0.2, -0.15) is 0 Å². The normalized spacial score (nSPS) is 57.6. The highest BCUT2D eigenvalue weighted by Gasteiger charge is 2.60. The van der Waals surface area contributed by atoms with Gasteiger partial charge in [-0.15, -0.1) is 0 Å². The van der Waals surface area contributed by atoms with Gasteiger partial charge in [0.05, 0.1) is 6.10 Å². The molecular weight excluding hydrogens is 299 g/mol. The Morgan fingerprint density at radius 3 is 2.33 bits per heavy atom. The smallest absolute Gasteiger partial charge is 0.108 e. The predicted octanol–water partition coefficient (Wildman–Crippen LogP) is 6.02. The minimum absolute atomic E-state index is 0.0360. The summed E-state index contributed by atoms with van der Waals surface area (Å²) in [6.45, 7) is 7.02. The van der Waals surface area contributed by atoms with Gasteiger partial charge in [0.2, 0.25) is 0 Å². The quantitative estimate of drug-likeness (QED) is 0.569. The van der Waals surface area contributed by atoms with Crippen LogP contribution in [0.5, 0.6) is 0 Å². The van der Waals surface area contributed by atoms with Crippen LogP contribution in [0.25, 0.3) is 0 Å². The summed E-state index contributed by atoms with van der Waals surface area (Å²) in [5.74, 6) is 3.38. The highest BCUT2D eigenvalue weighted by atomic mass is 19.1. The summed E-state index contributed by atoms with van der Waals surface area (Å²) in [7, 11) is 1.88. The standard InChI is InChI=1S/C22H37FO/c1-14-5-8-18-17-7-6-15-13-16(24-4)9-11-21(15,2)19(17)10-12-22(18,3)20(14)23/h14-20H,5-13H2,1-4H3. The second-order valence-electron chi connectivity index (χ2n) is 10.3. The summed E-state index contributed by atoms with van der Waals surface area (Å²) in [6, 6.07) is 0. The molecule has 4 aliphatic rings. The molecule has 0 N–H and O–H groups in total. The Bertz CT molecular complexity index is 479. The number of methoxy groups -OCH3 is 1. The molecule has 4 rings (SSSR count). The first-order chi connectivity index (χ1) is 11.4. The average molecular weight is 337 g/mol. The largest absolute Gasteiger partial charge is 0.381 e. The maximum Gasteiger partial charge on any atom is 0.108 e. The lowest BCUT2D eigenvalue weighted by Crippen LogP contribution is -2.58. The Morgan fingerprint density at radius 1 is 0.875 bits per heavy atom. The second kappa shape index (κ2) is 5.96. The van der Waals surface area contributed by atoms with Crippen molar-refractivity contribution in [1.29, 1.82) is 0 Å². The lowest BCUT2D eigenvalue weighted by molar-refractivity contribution is -0.163. The van der Waals surface area contributed by atoms with E-state index in [1.54, 1.807) is 0 Å². The van der Waals surface area contributed by atoms with E-state index < -0.39 is 6.17 Å². The third kappa shape index (κ3) is 2.34. The molecule has 0 saturated heterocycles. The molecule has 24 heavy (non-hydrogen) atoms. The molecule has 0 amide bonds. The highest BCUT2D eigenvalue weighted by molar-refractivity contribution is 5.09. The molecule has 2 heteroatoms. The Hall–Kier alpha value is -0.110. The molecule has 1 nitrogen and oxygen atoms in total. The van der Waals surface area contributed by atoms with Crippen molar-refractivity contribution < 1.29 is 9.13 Å². The Morgan fingerprint density at radius 2 is 1.58 bits per heavy atom. The van der Waals surface area contributed by atoms with Crippen LogP contribution in [-0.2, 0) is 4.74 Å². The van der Waals surface area contributed by atoms with Gasteiger partial charge in [0.25, 0.3) is 0 Å². The Kier molecular flexibility index (Phi) is 4.30. The summed E-state index contributed by atoms with van der Waals surface area (Å²) in [4.78, 5) is 0. The van der Waals surface area contributed by atoms with E-state index in [-0.39, 0.29) is 11.3 Å². The van der Waals surface area contributed by atoms with Crippen LogP contribution in [0.2, 0.25) is 0 Å². The van der Waals surface area contributed by atoms with E-state index in [1.165, 1.54) is 44.9 Å². The maximum absolute atomic E-state index is 15.2. The van der Waals surface area contributed by atoms with E-state index in [0.29, 0.717) is 17.4 Å². The number of hydrogen-bond donors (Lipinski definition) is 0. The van der Waals surface area contributed by atoms with Crippen molar-refractivity contribution in [1.82, 2.24) is 0 Å². The van der Waals surface area contributed by atoms with Crippen LogP contribution in [0, 0.1) is 40.4 Å². The number of hydrogen-bond acceptors (Lipinski definition) is 1. The fraction of sp³-hybridized carbons (Fsp3) is 1.00. The van der Waals surface area contributed by atoms with Crippen LogP contribution < -0.4 is 0 Å². The molecular formula is C22H37FO. The summed E-state index contributed by atoms with van der Waals surface area (Å²) >= 11 is 0. The first kappa shape index (κ1) is 17.3. The first-order valence-electron chi connectivity index (χ1n) is 10.6. The zero-order valence-corrected chi connectivity index (χ0v) is 16.2. The van der Waals surface area contributed by atoms with Crippen molar-refractivity contribution in [2.75, 3.05) is 7.11 Å². The summed E-state index contributed by atoms with van der Waals surface area (Å²) < 4.78 is 20.9. The van der Waals surface area contributed by atoms with Gasteiger partial charge in [0.1, 0.15) is 6.17 Å². The lowest BCUT2D eigenvalue weighted by Gasteiger charge is -2.63. The fourth-order valence-corrected chi connectivity index (χ4v) is 7.91. The molecule has 0 bridgehead atoms. The van der Waals surface area contributed by atoms with Crippen LogP contribution in [0.1, 0.15) is 78.6 Å². The average Bonchev–Trinajstić information content (AvgIpc) is 2.58. The summed E-state index contributed by atoms with van der Waals surface area (Å²) in [5.41, 5.74) is 0.458. The molecule has 4 aliphatic carbocycles. The molecule has 0 spiro atoms. The van der Waals surface area contributed by atoms with E-state index in [2.05, 4.69) is 20.8 Å². The number of alkyl halides is 1. The van der Waals surface area contributed by atoms with Gasteiger partial charge in [0, 0.05) is 12.5 Å². The molecule has 4 fully saturated rings. The third-order valence-electron chi connectivity index (χ3n) is 9.45. The van der Waals surface area contributed by atoms with Crippen molar-refractivity contribution in [3.05, 3.63) is 0 Å². The van der Waals surface area contributed by atoms with Crippen LogP contribution in [0.15, 0.2) is 0 Å². The van der Waals surface area contributed by atoms with Crippen molar-refractivity contribution in [2.45, 2.75) is 90.8 Å². The molecule has 4 saturated carbocycles. The van der Waals surface area contributed by atoms with Gasteiger partial charge in [-0.1, -0.05) is 20.8 Å². The molecule has 0 aromatic rings. The number of rotatable bonds is 1. The zero-order chi connectivity index (χ0) is 17.1. The lowest BCUT2D eigenvalue weighted by atomic mass is 9.42. The third-order valence-corrected chi connectivity index (χ3v) is 9.45. The van der Waals surface area contributed by atoms with Crippen LogP contribution in [0.4, 0.5) is 4.39 Å². The number of ether oxygens (including phenoxy) is 1. The van der Waals surface area contributed by atoms with E-state index >= 15 is 4.39 Å². The minimum Gasteiger partial charge on any atom is -0.381 e. The SMILES string of the molecule is COC1CCC2(C)C(CCC3C2CCC2(C)C(F)C(C)CCC32)C1. The molecule has 9 unspecified atom stereocenters. The van der Waals surface area contributed by atoms with E-state index in [1.807, 2.05) is 7.11 Å². The molecule has 0 heterocycles. The molecule has 0 aromatic carbocycles. The number of fused-ring (bicyclic) bond motifs is 5. The van der Waals surface area contributed by atoms with Gasteiger partial charge < -0.3 is 4.74 Å². The van der Waals surface area contributed by atoms with Crippen molar-refractivity contribution >= 4 is 0 Å². The Balaban J connectivity index is 1.59. The maximum atomic E-state index is 15.2. The van der Waals surface area contributed by atoms with Gasteiger partial charge in [-0.05, 0) is 92.8 Å². The van der Waals surface area contributed by atoms with E-state index in [4.69, 9.17) is 4.74 Å².